The zero-order valence-corrected chi connectivity index (χ0v) is 15.1. The first-order chi connectivity index (χ1) is 13.2. The molecule has 7 nitrogen and oxygen atoms in total. The molecule has 0 aliphatic carbocycles. The Morgan fingerprint density at radius 1 is 1.26 bits per heavy atom. The van der Waals surface area contributed by atoms with E-state index in [-0.39, 0.29) is 5.82 Å². The van der Waals surface area contributed by atoms with Gasteiger partial charge in [0.25, 0.3) is 0 Å². The number of fused-ring (bicyclic) bond motifs is 1. The molecule has 2 N–H and O–H groups in total. The van der Waals surface area contributed by atoms with Crippen molar-refractivity contribution in [3.8, 4) is 11.5 Å². The smallest absolute Gasteiger partial charge is 0.180 e. The summed E-state index contributed by atoms with van der Waals surface area (Å²) in [4.78, 5) is 15.5. The first kappa shape index (κ1) is 17.8. The SMILES string of the molecule is CN[CH][CH]N1CCC[C@@H](Nc2ccnc(-c3cnc4ccc(F)cn34)n2)C1. The van der Waals surface area contributed by atoms with E-state index in [4.69, 9.17) is 0 Å². The predicted octanol–water partition coefficient (Wildman–Crippen LogP) is 2.35. The van der Waals surface area contributed by atoms with Crippen LogP contribution >= 0.6 is 0 Å². The van der Waals surface area contributed by atoms with Gasteiger partial charge in [0.15, 0.2) is 5.82 Å². The summed E-state index contributed by atoms with van der Waals surface area (Å²) in [5.74, 6) is 0.949. The largest absolute Gasteiger partial charge is 0.366 e. The van der Waals surface area contributed by atoms with Crippen LogP contribution in [0.5, 0.6) is 0 Å². The van der Waals surface area contributed by atoms with Crippen molar-refractivity contribution < 1.29 is 4.39 Å². The van der Waals surface area contributed by atoms with Gasteiger partial charge in [0.05, 0.1) is 6.20 Å². The van der Waals surface area contributed by atoms with Crippen LogP contribution in [0, 0.1) is 18.9 Å². The highest BCUT2D eigenvalue weighted by Crippen LogP contribution is 2.20. The van der Waals surface area contributed by atoms with Gasteiger partial charge in [-0.25, -0.2) is 19.3 Å². The summed E-state index contributed by atoms with van der Waals surface area (Å²) in [7, 11) is 1.89. The fraction of sp³-hybridized carbons (Fsp3) is 0.316. The van der Waals surface area contributed by atoms with E-state index >= 15 is 0 Å². The molecule has 2 radical (unpaired) electrons. The Morgan fingerprint density at radius 2 is 2.19 bits per heavy atom. The van der Waals surface area contributed by atoms with Crippen LogP contribution in [-0.2, 0) is 0 Å². The van der Waals surface area contributed by atoms with Crippen molar-refractivity contribution >= 4 is 11.5 Å². The second-order valence-corrected chi connectivity index (χ2v) is 6.57. The van der Waals surface area contributed by atoms with Gasteiger partial charge in [0.2, 0.25) is 0 Å². The highest BCUT2D eigenvalue weighted by atomic mass is 19.1. The molecule has 1 aliphatic heterocycles. The Morgan fingerprint density at radius 3 is 3.07 bits per heavy atom. The third kappa shape index (κ3) is 4.06. The normalized spacial score (nSPS) is 18.1. The minimum absolute atomic E-state index is 0.308. The number of hydrogen-bond donors (Lipinski definition) is 2. The summed E-state index contributed by atoms with van der Waals surface area (Å²) in [6, 6.07) is 5.19. The van der Waals surface area contributed by atoms with Crippen LogP contribution in [0.1, 0.15) is 12.8 Å². The average Bonchev–Trinajstić information content (AvgIpc) is 3.10. The number of imidazole rings is 1. The van der Waals surface area contributed by atoms with Gasteiger partial charge in [-0.2, -0.15) is 0 Å². The van der Waals surface area contributed by atoms with Gasteiger partial charge in [-0.05, 0) is 44.6 Å². The number of hydrogen-bond acceptors (Lipinski definition) is 6. The fourth-order valence-electron chi connectivity index (χ4n) is 3.33. The van der Waals surface area contributed by atoms with Gasteiger partial charge in [-0.3, -0.25) is 9.30 Å². The molecule has 1 atom stereocenters. The van der Waals surface area contributed by atoms with E-state index in [1.165, 1.54) is 12.3 Å². The molecule has 0 spiro atoms. The molecule has 0 amide bonds. The lowest BCUT2D eigenvalue weighted by Gasteiger charge is -2.32. The number of likely N-dealkylation sites (tertiary alicyclic amines) is 1. The molecule has 3 aromatic heterocycles. The third-order valence-electron chi connectivity index (χ3n) is 4.61. The molecule has 1 fully saturated rings. The van der Waals surface area contributed by atoms with Crippen molar-refractivity contribution in [3.05, 3.63) is 55.7 Å². The molecule has 8 heteroatoms. The lowest BCUT2D eigenvalue weighted by molar-refractivity contribution is 0.264. The minimum Gasteiger partial charge on any atom is -0.366 e. The molecular formula is C19H22FN7. The second kappa shape index (κ2) is 7.98. The van der Waals surface area contributed by atoms with Gasteiger partial charge in [-0.1, -0.05) is 0 Å². The number of nitrogens with zero attached hydrogens (tertiary/aromatic N) is 5. The molecule has 1 saturated heterocycles. The van der Waals surface area contributed by atoms with Crippen LogP contribution in [-0.4, -0.2) is 50.4 Å². The lowest BCUT2D eigenvalue weighted by atomic mass is 10.1. The van der Waals surface area contributed by atoms with Gasteiger partial charge < -0.3 is 10.6 Å². The van der Waals surface area contributed by atoms with E-state index in [9.17, 15) is 4.39 Å². The van der Waals surface area contributed by atoms with Gasteiger partial charge in [0, 0.05) is 38.1 Å². The number of rotatable bonds is 6. The van der Waals surface area contributed by atoms with Crippen molar-refractivity contribution in [2.45, 2.75) is 18.9 Å². The number of likely N-dealkylation sites (N-methyl/N-ethyl adjacent to an activating group) is 1. The number of nitrogens with one attached hydrogen (secondary N) is 2. The molecule has 1 aliphatic rings. The number of halogens is 1. The van der Waals surface area contributed by atoms with E-state index < -0.39 is 0 Å². The summed E-state index contributed by atoms with van der Waals surface area (Å²) in [6.45, 7) is 5.98. The highest BCUT2D eigenvalue weighted by Gasteiger charge is 2.20. The molecule has 0 bridgehead atoms. The summed E-state index contributed by atoms with van der Waals surface area (Å²) in [5.41, 5.74) is 1.32. The molecule has 0 unspecified atom stereocenters. The Bertz CT molecular complexity index is 910. The van der Waals surface area contributed by atoms with Gasteiger partial charge in [-0.15, -0.1) is 0 Å². The molecule has 0 saturated carbocycles. The van der Waals surface area contributed by atoms with E-state index in [0.29, 0.717) is 23.2 Å². The Labute approximate surface area is 157 Å². The van der Waals surface area contributed by atoms with E-state index in [2.05, 4.69) is 37.0 Å². The first-order valence-electron chi connectivity index (χ1n) is 9.03. The maximum Gasteiger partial charge on any atom is 0.180 e. The predicted molar refractivity (Wildman–Crippen MR) is 102 cm³/mol. The molecule has 4 heterocycles. The fourth-order valence-corrected chi connectivity index (χ4v) is 3.33. The topological polar surface area (TPSA) is 70.4 Å². The lowest BCUT2D eigenvalue weighted by Crippen LogP contribution is -2.41. The van der Waals surface area contributed by atoms with Crippen LogP contribution in [0.3, 0.4) is 0 Å². The van der Waals surface area contributed by atoms with E-state index in [1.54, 1.807) is 22.9 Å². The van der Waals surface area contributed by atoms with Gasteiger partial charge in [0.1, 0.15) is 23.0 Å². The average molecular weight is 367 g/mol. The Kier molecular flexibility index (Phi) is 5.26. The van der Waals surface area contributed by atoms with Crippen LogP contribution in [0.25, 0.3) is 17.2 Å². The van der Waals surface area contributed by atoms with Crippen molar-refractivity contribution in [2.24, 2.45) is 0 Å². The number of piperidine rings is 1. The summed E-state index contributed by atoms with van der Waals surface area (Å²) in [5, 5.41) is 6.52. The first-order valence-corrected chi connectivity index (χ1v) is 9.03. The van der Waals surface area contributed by atoms with Gasteiger partial charge >= 0.3 is 0 Å². The zero-order valence-electron chi connectivity index (χ0n) is 15.1. The third-order valence-corrected chi connectivity index (χ3v) is 4.61. The molecule has 27 heavy (non-hydrogen) atoms. The minimum atomic E-state index is -0.326. The maximum atomic E-state index is 13.6. The van der Waals surface area contributed by atoms with Crippen molar-refractivity contribution in [1.29, 1.82) is 0 Å². The summed E-state index contributed by atoms with van der Waals surface area (Å²) in [6.07, 6.45) is 6.98. The number of aromatic nitrogens is 4. The van der Waals surface area contributed by atoms with E-state index in [1.807, 2.05) is 19.7 Å². The van der Waals surface area contributed by atoms with Crippen LogP contribution in [0.15, 0.2) is 36.8 Å². The molecule has 0 aromatic carbocycles. The molecule has 3 aromatic rings. The Hall–Kier alpha value is -2.58. The zero-order chi connectivity index (χ0) is 18.6. The monoisotopic (exact) mass is 367 g/mol. The van der Waals surface area contributed by atoms with Crippen molar-refractivity contribution in [1.82, 2.24) is 29.6 Å². The van der Waals surface area contributed by atoms with Crippen LogP contribution < -0.4 is 10.6 Å². The Balaban J connectivity index is 1.51. The van der Waals surface area contributed by atoms with Crippen LogP contribution in [0.4, 0.5) is 10.2 Å². The van der Waals surface area contributed by atoms with Crippen molar-refractivity contribution in [3.63, 3.8) is 0 Å². The quantitative estimate of drug-likeness (QED) is 0.697. The summed E-state index contributed by atoms with van der Waals surface area (Å²) >= 11 is 0. The maximum absolute atomic E-state index is 13.6. The molecule has 4 rings (SSSR count). The molecular weight excluding hydrogens is 345 g/mol. The highest BCUT2D eigenvalue weighted by molar-refractivity contribution is 5.58. The van der Waals surface area contributed by atoms with E-state index in [0.717, 1.165) is 31.7 Å². The second-order valence-electron chi connectivity index (χ2n) is 6.57. The summed E-state index contributed by atoms with van der Waals surface area (Å²) < 4.78 is 15.3. The number of anilines is 1. The van der Waals surface area contributed by atoms with Crippen LogP contribution in [0.2, 0.25) is 0 Å². The number of pyridine rings is 1. The molecule has 140 valence electrons. The van der Waals surface area contributed by atoms with Crippen molar-refractivity contribution in [2.75, 3.05) is 25.5 Å². The standard InChI is InChI=1S/C19H22FN7/c1-21-8-10-26-9-2-3-15(13-26)24-17-6-7-22-19(25-17)16-11-23-18-5-4-14(20)12-27(16)18/h4-8,10-12,15,21H,2-3,9,13H2,1H3,(H,22,24,25)/t15-/m1/s1.